The van der Waals surface area contributed by atoms with Crippen molar-refractivity contribution in [3.63, 3.8) is 0 Å². The monoisotopic (exact) mass is 424 g/mol. The van der Waals surface area contributed by atoms with Crippen LogP contribution in [-0.2, 0) is 6.42 Å². The molecule has 0 aliphatic carbocycles. The number of nitrogens with one attached hydrogen (secondary N) is 2. The van der Waals surface area contributed by atoms with Gasteiger partial charge >= 0.3 is 0 Å². The normalized spacial score (nSPS) is 14.6. The number of anilines is 1. The number of aromatic nitrogens is 3. The molecule has 5 rings (SSSR count). The van der Waals surface area contributed by atoms with Crippen LogP contribution in [0.4, 0.5) is 5.82 Å². The van der Waals surface area contributed by atoms with Gasteiger partial charge in [-0.1, -0.05) is 42.8 Å². The zero-order valence-corrected chi connectivity index (χ0v) is 18.3. The molecule has 6 nitrogen and oxygen atoms in total. The highest BCUT2D eigenvalue weighted by Crippen LogP contribution is 2.30. The van der Waals surface area contributed by atoms with Crippen LogP contribution >= 0.6 is 0 Å². The van der Waals surface area contributed by atoms with Crippen molar-refractivity contribution in [2.24, 2.45) is 0 Å². The second-order valence-electron chi connectivity index (χ2n) is 8.55. The van der Waals surface area contributed by atoms with Crippen molar-refractivity contribution < 1.29 is 0 Å². The van der Waals surface area contributed by atoms with Crippen LogP contribution in [0.2, 0.25) is 0 Å². The molecule has 4 aromatic rings. The lowest BCUT2D eigenvalue weighted by atomic mass is 10.1. The van der Waals surface area contributed by atoms with Crippen molar-refractivity contribution in [1.29, 1.82) is 5.26 Å². The van der Waals surface area contributed by atoms with Crippen LogP contribution in [0.5, 0.6) is 0 Å². The van der Waals surface area contributed by atoms with Gasteiger partial charge in [-0.3, -0.25) is 0 Å². The van der Waals surface area contributed by atoms with E-state index in [1.54, 1.807) is 0 Å². The Morgan fingerprint density at radius 3 is 2.69 bits per heavy atom. The van der Waals surface area contributed by atoms with Gasteiger partial charge in [0.15, 0.2) is 0 Å². The summed E-state index contributed by atoms with van der Waals surface area (Å²) in [5, 5.41) is 14.9. The third kappa shape index (κ3) is 4.44. The number of benzene rings is 2. The summed E-state index contributed by atoms with van der Waals surface area (Å²) < 4.78 is 0. The molecule has 2 aromatic heterocycles. The predicted molar refractivity (Wildman–Crippen MR) is 129 cm³/mol. The third-order valence-corrected chi connectivity index (χ3v) is 6.22. The zero-order chi connectivity index (χ0) is 21.8. The number of piperidine rings is 1. The van der Waals surface area contributed by atoms with Gasteiger partial charge in [-0.2, -0.15) is 5.26 Å². The van der Waals surface area contributed by atoms with Crippen LogP contribution in [0, 0.1) is 11.3 Å². The van der Waals surface area contributed by atoms with Gasteiger partial charge in [-0.15, -0.1) is 0 Å². The number of hydrogen-bond donors (Lipinski definition) is 2. The summed E-state index contributed by atoms with van der Waals surface area (Å²) in [6.07, 6.45) is 5.77. The Kier molecular flexibility index (Phi) is 6.00. The van der Waals surface area contributed by atoms with E-state index in [-0.39, 0.29) is 0 Å². The SMILES string of the molecule is N#Cc1ccc2c(c1)[nH]c1nc(Cc3ccccc3)nc(NCCCN3CCCCC3)c12. The summed E-state index contributed by atoms with van der Waals surface area (Å²) in [6, 6.07) is 18.3. The maximum Gasteiger partial charge on any atom is 0.144 e. The first kappa shape index (κ1) is 20.5. The Morgan fingerprint density at radius 1 is 1.03 bits per heavy atom. The van der Waals surface area contributed by atoms with E-state index in [0.29, 0.717) is 12.0 Å². The van der Waals surface area contributed by atoms with Gasteiger partial charge in [0.05, 0.1) is 17.0 Å². The van der Waals surface area contributed by atoms with Crippen molar-refractivity contribution in [2.75, 3.05) is 31.5 Å². The number of nitrogens with zero attached hydrogens (tertiary/aromatic N) is 4. The molecule has 2 N–H and O–H groups in total. The number of aromatic amines is 1. The molecule has 0 spiro atoms. The molecule has 162 valence electrons. The molecule has 6 heteroatoms. The lowest BCUT2D eigenvalue weighted by molar-refractivity contribution is 0.228. The van der Waals surface area contributed by atoms with Crippen LogP contribution in [-0.4, -0.2) is 46.0 Å². The quantitative estimate of drug-likeness (QED) is 0.414. The van der Waals surface area contributed by atoms with Crippen LogP contribution < -0.4 is 5.32 Å². The topological polar surface area (TPSA) is 80.6 Å². The summed E-state index contributed by atoms with van der Waals surface area (Å²) in [5.41, 5.74) is 3.56. The van der Waals surface area contributed by atoms with E-state index in [4.69, 9.17) is 9.97 Å². The maximum atomic E-state index is 9.28. The van der Waals surface area contributed by atoms with E-state index >= 15 is 0 Å². The fraction of sp³-hybridized carbons (Fsp3) is 0.346. The number of rotatable bonds is 7. The largest absolute Gasteiger partial charge is 0.369 e. The third-order valence-electron chi connectivity index (χ3n) is 6.22. The first-order valence-electron chi connectivity index (χ1n) is 11.5. The van der Waals surface area contributed by atoms with E-state index in [1.807, 2.05) is 36.4 Å². The number of hydrogen-bond acceptors (Lipinski definition) is 5. The summed E-state index contributed by atoms with van der Waals surface area (Å²) >= 11 is 0. The minimum atomic E-state index is 0.637. The van der Waals surface area contributed by atoms with Gasteiger partial charge in [-0.05, 0) is 56.6 Å². The molecule has 1 aliphatic heterocycles. The maximum absolute atomic E-state index is 9.28. The van der Waals surface area contributed by atoms with E-state index in [0.717, 1.165) is 53.1 Å². The Balaban J connectivity index is 1.43. The average Bonchev–Trinajstić information content (AvgIpc) is 3.20. The van der Waals surface area contributed by atoms with Gasteiger partial charge in [0, 0.05) is 23.9 Å². The number of H-pyrrole nitrogens is 1. The first-order valence-corrected chi connectivity index (χ1v) is 11.5. The zero-order valence-electron chi connectivity index (χ0n) is 18.3. The van der Waals surface area contributed by atoms with E-state index in [1.165, 1.54) is 37.9 Å². The minimum Gasteiger partial charge on any atom is -0.369 e. The fourth-order valence-electron chi connectivity index (χ4n) is 4.59. The minimum absolute atomic E-state index is 0.637. The lowest BCUT2D eigenvalue weighted by Crippen LogP contribution is -2.31. The molecule has 0 unspecified atom stereocenters. The van der Waals surface area contributed by atoms with Crippen LogP contribution in [0.25, 0.3) is 21.9 Å². The van der Waals surface area contributed by atoms with Gasteiger partial charge in [0.2, 0.25) is 0 Å². The Hall–Kier alpha value is -3.43. The van der Waals surface area contributed by atoms with E-state index < -0.39 is 0 Å². The molecule has 1 fully saturated rings. The van der Waals surface area contributed by atoms with Gasteiger partial charge in [-0.25, -0.2) is 9.97 Å². The molecule has 32 heavy (non-hydrogen) atoms. The van der Waals surface area contributed by atoms with E-state index in [2.05, 4.69) is 33.4 Å². The molecular weight excluding hydrogens is 396 g/mol. The van der Waals surface area contributed by atoms with Gasteiger partial charge < -0.3 is 15.2 Å². The second kappa shape index (κ2) is 9.37. The number of likely N-dealkylation sites (tertiary alicyclic amines) is 1. The van der Waals surface area contributed by atoms with Crippen LogP contribution in [0.1, 0.15) is 42.6 Å². The Morgan fingerprint density at radius 2 is 1.88 bits per heavy atom. The smallest absolute Gasteiger partial charge is 0.144 e. The average molecular weight is 425 g/mol. The fourth-order valence-corrected chi connectivity index (χ4v) is 4.59. The molecule has 0 radical (unpaired) electrons. The highest BCUT2D eigenvalue weighted by Gasteiger charge is 2.15. The Bertz CT molecular complexity index is 1250. The highest BCUT2D eigenvalue weighted by molar-refractivity contribution is 6.11. The summed E-state index contributed by atoms with van der Waals surface area (Å²) in [4.78, 5) is 15.7. The summed E-state index contributed by atoms with van der Waals surface area (Å²) in [7, 11) is 0. The van der Waals surface area contributed by atoms with Crippen molar-refractivity contribution >= 4 is 27.8 Å². The van der Waals surface area contributed by atoms with Crippen molar-refractivity contribution in [2.45, 2.75) is 32.1 Å². The summed E-state index contributed by atoms with van der Waals surface area (Å²) in [5.74, 6) is 1.66. The van der Waals surface area contributed by atoms with Crippen LogP contribution in [0.3, 0.4) is 0 Å². The van der Waals surface area contributed by atoms with Crippen molar-refractivity contribution in [3.8, 4) is 6.07 Å². The molecular formula is C26H28N6. The molecule has 2 aromatic carbocycles. The molecule has 0 amide bonds. The number of nitriles is 1. The Labute approximate surface area is 188 Å². The standard InChI is InChI=1S/C26H28N6/c27-18-20-10-11-21-22(16-20)29-26-24(21)25(28-12-7-15-32-13-5-2-6-14-32)30-23(31-26)17-19-8-3-1-4-9-19/h1,3-4,8-11,16H,2,5-7,12-15,17H2,(H2,28,29,30,31). The molecule has 1 saturated heterocycles. The predicted octanol–water partition coefficient (Wildman–Crippen LogP) is 4.86. The lowest BCUT2D eigenvalue weighted by Gasteiger charge is -2.26. The van der Waals surface area contributed by atoms with Gasteiger partial charge in [0.25, 0.3) is 0 Å². The number of fused-ring (bicyclic) bond motifs is 3. The van der Waals surface area contributed by atoms with Crippen molar-refractivity contribution in [1.82, 2.24) is 19.9 Å². The van der Waals surface area contributed by atoms with E-state index in [9.17, 15) is 5.26 Å². The molecule has 0 saturated carbocycles. The first-order chi connectivity index (χ1) is 15.8. The van der Waals surface area contributed by atoms with Gasteiger partial charge in [0.1, 0.15) is 17.3 Å². The molecule has 0 bridgehead atoms. The summed E-state index contributed by atoms with van der Waals surface area (Å²) in [6.45, 7) is 4.44. The second-order valence-corrected chi connectivity index (χ2v) is 8.55. The van der Waals surface area contributed by atoms with Crippen LogP contribution in [0.15, 0.2) is 48.5 Å². The molecule has 0 atom stereocenters. The molecule has 3 heterocycles. The highest BCUT2D eigenvalue weighted by atomic mass is 15.1. The molecule has 1 aliphatic rings. The van der Waals surface area contributed by atoms with Crippen molar-refractivity contribution in [3.05, 3.63) is 65.5 Å².